The number of fused-ring (bicyclic) bond motifs is 1. The Balaban J connectivity index is 1.19. The molecule has 0 unspecified atom stereocenters. The smallest absolute Gasteiger partial charge is 0.338 e. The van der Waals surface area contributed by atoms with Crippen molar-refractivity contribution in [1.82, 2.24) is 20.4 Å². The molecule has 1 aliphatic rings. The highest BCUT2D eigenvalue weighted by Crippen LogP contribution is 2.34. The van der Waals surface area contributed by atoms with E-state index >= 15 is 0 Å². The predicted octanol–water partition coefficient (Wildman–Crippen LogP) is 5.39. The van der Waals surface area contributed by atoms with E-state index < -0.39 is 5.76 Å². The van der Waals surface area contributed by atoms with Gasteiger partial charge in [-0.2, -0.15) is 0 Å². The molecule has 6 rings (SSSR count). The van der Waals surface area contributed by atoms with Gasteiger partial charge in [0.05, 0.1) is 0 Å². The van der Waals surface area contributed by atoms with Crippen molar-refractivity contribution in [3.63, 3.8) is 0 Å². The van der Waals surface area contributed by atoms with Crippen molar-refractivity contribution in [3.05, 3.63) is 124 Å². The van der Waals surface area contributed by atoms with Crippen LogP contribution in [0.1, 0.15) is 40.4 Å². The van der Waals surface area contributed by atoms with Crippen LogP contribution in [0.4, 0.5) is 0 Å². The molecule has 0 aliphatic carbocycles. The maximum Gasteiger partial charge on any atom is 0.439 e. The second-order valence-corrected chi connectivity index (χ2v) is 10.2. The van der Waals surface area contributed by atoms with Crippen molar-refractivity contribution in [1.29, 1.82) is 0 Å². The molecule has 3 atom stereocenters. The zero-order chi connectivity index (χ0) is 26.8. The van der Waals surface area contributed by atoms with E-state index in [1.54, 1.807) is 24.3 Å². The Bertz CT molecular complexity index is 1640. The maximum atomic E-state index is 13.5. The van der Waals surface area contributed by atoms with Gasteiger partial charge in [-0.25, -0.2) is 4.79 Å². The van der Waals surface area contributed by atoms with Crippen LogP contribution in [0.3, 0.4) is 0 Å². The largest absolute Gasteiger partial charge is 0.439 e. The molecule has 196 valence electrons. The Kier molecular flexibility index (Phi) is 6.82. The maximum absolute atomic E-state index is 13.5. The van der Waals surface area contributed by atoms with E-state index in [2.05, 4.69) is 93.6 Å². The minimum absolute atomic E-state index is 0.000675. The number of carbonyl (C=O) groups is 1. The van der Waals surface area contributed by atoms with Gasteiger partial charge >= 0.3 is 5.76 Å². The third kappa shape index (κ3) is 5.13. The molecule has 1 fully saturated rings. The average Bonchev–Trinajstić information content (AvgIpc) is 3.62. The molecule has 5 aromatic rings. The lowest BCUT2D eigenvalue weighted by Gasteiger charge is -2.23. The summed E-state index contributed by atoms with van der Waals surface area (Å²) < 4.78 is 4.59. The first kappa shape index (κ1) is 24.8. The number of hydrogen-bond acceptors (Lipinski definition) is 5. The summed E-state index contributed by atoms with van der Waals surface area (Å²) in [4.78, 5) is 29.3. The summed E-state index contributed by atoms with van der Waals surface area (Å²) in [6, 6.07) is 32.7. The van der Waals surface area contributed by atoms with E-state index in [4.69, 9.17) is 0 Å². The predicted molar refractivity (Wildman–Crippen MR) is 152 cm³/mol. The number of nitrogens with one attached hydrogen (secondary N) is 2. The zero-order valence-corrected chi connectivity index (χ0v) is 21.7. The number of carbonyl (C=O) groups excluding carboxylic acids is 1. The van der Waals surface area contributed by atoms with Gasteiger partial charge in [0.2, 0.25) is 0 Å². The van der Waals surface area contributed by atoms with Crippen molar-refractivity contribution >= 4 is 16.7 Å². The molecule has 7 heteroatoms. The summed E-state index contributed by atoms with van der Waals surface area (Å²) >= 11 is 0. The summed E-state index contributed by atoms with van der Waals surface area (Å²) in [5.41, 5.74) is 3.83. The molecular formula is C32H30N4O3. The van der Waals surface area contributed by atoms with E-state index in [-0.39, 0.29) is 23.8 Å². The summed E-state index contributed by atoms with van der Waals surface area (Å²) in [5.74, 6) is 0.246. The lowest BCUT2D eigenvalue weighted by atomic mass is 9.88. The van der Waals surface area contributed by atoms with Crippen LogP contribution in [0, 0.1) is 5.92 Å². The third-order valence-corrected chi connectivity index (χ3v) is 7.78. The van der Waals surface area contributed by atoms with Crippen molar-refractivity contribution in [2.75, 3.05) is 19.6 Å². The fourth-order valence-corrected chi connectivity index (χ4v) is 5.70. The van der Waals surface area contributed by atoms with E-state index in [0.29, 0.717) is 30.0 Å². The van der Waals surface area contributed by atoms with E-state index in [1.807, 2.05) is 11.0 Å². The van der Waals surface area contributed by atoms with Crippen LogP contribution in [0.15, 0.2) is 106 Å². The average molecular weight is 519 g/mol. The highest BCUT2D eigenvalue weighted by Gasteiger charge is 2.36. The molecule has 1 saturated heterocycles. The van der Waals surface area contributed by atoms with Crippen molar-refractivity contribution in [3.8, 4) is 11.4 Å². The summed E-state index contributed by atoms with van der Waals surface area (Å²) in [5, 5.41) is 10.0. The fourth-order valence-electron chi connectivity index (χ4n) is 5.70. The van der Waals surface area contributed by atoms with Gasteiger partial charge in [0.1, 0.15) is 0 Å². The van der Waals surface area contributed by atoms with Crippen molar-refractivity contribution in [2.45, 2.75) is 18.9 Å². The van der Waals surface area contributed by atoms with Crippen LogP contribution in [0.5, 0.6) is 0 Å². The first-order valence-corrected chi connectivity index (χ1v) is 13.3. The van der Waals surface area contributed by atoms with Crippen LogP contribution in [0.2, 0.25) is 0 Å². The van der Waals surface area contributed by atoms with Gasteiger partial charge < -0.3 is 10.2 Å². The molecule has 0 radical (unpaired) electrons. The lowest BCUT2D eigenvalue weighted by molar-refractivity contribution is 0.0786. The Morgan fingerprint density at radius 3 is 2.49 bits per heavy atom. The molecule has 1 aliphatic heterocycles. The van der Waals surface area contributed by atoms with Gasteiger partial charge in [0, 0.05) is 42.7 Å². The van der Waals surface area contributed by atoms with Gasteiger partial charge in [0.15, 0.2) is 5.82 Å². The number of benzene rings is 4. The first-order valence-electron chi connectivity index (χ1n) is 13.3. The number of likely N-dealkylation sites (tertiary alicyclic amines) is 1. The summed E-state index contributed by atoms with van der Waals surface area (Å²) in [6.07, 6.45) is 0. The highest BCUT2D eigenvalue weighted by atomic mass is 16.5. The molecule has 1 amide bonds. The molecular weight excluding hydrogens is 488 g/mol. The van der Waals surface area contributed by atoms with Crippen LogP contribution in [-0.2, 0) is 0 Å². The molecule has 2 heterocycles. The van der Waals surface area contributed by atoms with Crippen molar-refractivity contribution < 1.29 is 9.32 Å². The molecule has 0 spiro atoms. The zero-order valence-electron chi connectivity index (χ0n) is 21.7. The quantitative estimate of drug-likeness (QED) is 0.302. The Labute approximate surface area is 226 Å². The van der Waals surface area contributed by atoms with E-state index in [0.717, 1.165) is 6.54 Å². The fraction of sp³-hybridized carbons (Fsp3) is 0.219. The summed E-state index contributed by atoms with van der Waals surface area (Å²) in [6.45, 7) is 4.34. The van der Waals surface area contributed by atoms with Gasteiger partial charge in [0.25, 0.3) is 5.91 Å². The van der Waals surface area contributed by atoms with Crippen LogP contribution in [0.25, 0.3) is 22.2 Å². The van der Waals surface area contributed by atoms with Gasteiger partial charge in [-0.1, -0.05) is 90.1 Å². The molecule has 1 aromatic heterocycles. The van der Waals surface area contributed by atoms with Crippen LogP contribution in [-0.4, -0.2) is 40.6 Å². The minimum Gasteiger partial charge on any atom is -0.338 e. The number of nitrogens with zero attached hydrogens (tertiary/aromatic N) is 2. The van der Waals surface area contributed by atoms with E-state index in [1.165, 1.54) is 21.9 Å². The van der Waals surface area contributed by atoms with E-state index in [9.17, 15) is 9.59 Å². The first-order chi connectivity index (χ1) is 19.1. The highest BCUT2D eigenvalue weighted by molar-refractivity contribution is 5.95. The number of aromatic nitrogens is 2. The lowest BCUT2D eigenvalue weighted by Crippen LogP contribution is -2.32. The molecule has 7 nitrogen and oxygen atoms in total. The molecule has 2 N–H and O–H groups in total. The second-order valence-electron chi connectivity index (χ2n) is 10.2. The normalized spacial score (nSPS) is 17.9. The number of H-pyrrole nitrogens is 1. The van der Waals surface area contributed by atoms with Gasteiger partial charge in [-0.3, -0.25) is 14.3 Å². The Hall–Kier alpha value is -4.49. The topological polar surface area (TPSA) is 91.2 Å². The van der Waals surface area contributed by atoms with Gasteiger partial charge in [-0.05, 0) is 46.9 Å². The Morgan fingerprint density at radius 2 is 1.72 bits per heavy atom. The second kappa shape index (κ2) is 10.7. The molecule has 0 saturated carbocycles. The van der Waals surface area contributed by atoms with Gasteiger partial charge in [-0.15, -0.1) is 0 Å². The van der Waals surface area contributed by atoms with Crippen LogP contribution >= 0.6 is 0 Å². The minimum atomic E-state index is -0.608. The number of amides is 1. The third-order valence-electron chi connectivity index (χ3n) is 7.78. The molecule has 0 bridgehead atoms. The SMILES string of the molecule is C[C@@H](NC[C@H]1CN(C(=O)c2ccc(-c3noc(=O)[nH]3)cc2)C[C@@H]1c1ccccc1)c1cccc2ccccc12. The number of rotatable bonds is 7. The number of aromatic amines is 1. The molecule has 39 heavy (non-hydrogen) atoms. The molecule has 4 aromatic carbocycles. The monoisotopic (exact) mass is 518 g/mol. The number of hydrogen-bond donors (Lipinski definition) is 2. The Morgan fingerprint density at radius 1 is 0.974 bits per heavy atom. The summed E-state index contributed by atoms with van der Waals surface area (Å²) in [7, 11) is 0. The van der Waals surface area contributed by atoms with Crippen LogP contribution < -0.4 is 11.1 Å². The van der Waals surface area contributed by atoms with Crippen molar-refractivity contribution in [2.24, 2.45) is 5.92 Å². The standard InChI is InChI=1S/C32H30N4O3/c1-21(27-13-7-11-22-10-5-6-12-28(22)27)33-18-26-19-36(20-29(26)23-8-3-2-4-9-23)31(37)25-16-14-24(15-17-25)30-34-32(38)39-35-30/h2-17,21,26,29,33H,18-20H2,1H3,(H,34,35,38)/t21-,26+,29-/m1/s1.